The Morgan fingerprint density at radius 2 is 2.03 bits per heavy atom. The lowest BCUT2D eigenvalue weighted by molar-refractivity contribution is -0.0310. The first-order valence-electron chi connectivity index (χ1n) is 10.8. The molecule has 1 aliphatic carbocycles. The van der Waals surface area contributed by atoms with Gasteiger partial charge in [-0.2, -0.15) is 5.26 Å². The predicted molar refractivity (Wildman–Crippen MR) is 123 cm³/mol. The summed E-state index contributed by atoms with van der Waals surface area (Å²) in [7, 11) is 1.60. The number of halogens is 2. The third-order valence-electron chi connectivity index (χ3n) is 5.83. The summed E-state index contributed by atoms with van der Waals surface area (Å²) >= 11 is 0. The fourth-order valence-electron chi connectivity index (χ4n) is 4.14. The van der Waals surface area contributed by atoms with Gasteiger partial charge in [-0.3, -0.25) is 19.6 Å². The van der Waals surface area contributed by atoms with Gasteiger partial charge in [-0.1, -0.05) is 12.2 Å². The lowest BCUT2D eigenvalue weighted by atomic mass is 10.0. The van der Waals surface area contributed by atoms with E-state index < -0.39 is 24.9 Å². The molecule has 1 saturated heterocycles. The smallest absolute Gasteiger partial charge is 0.280 e. The van der Waals surface area contributed by atoms with E-state index in [9.17, 15) is 18.4 Å². The molecule has 0 atom stereocenters. The van der Waals surface area contributed by atoms with Gasteiger partial charge in [0.25, 0.3) is 17.4 Å². The minimum absolute atomic E-state index is 0.171. The first kappa shape index (κ1) is 23.3. The molecule has 0 bridgehead atoms. The van der Waals surface area contributed by atoms with Crippen LogP contribution in [0.5, 0.6) is 0 Å². The standard InChI is InChI=1S/C24H24F2N6O2/c1-16-10-17(11-27)4-3-5-19(16)20-13-29-32(23(20)34)21-7-6-18(12-28-21)22(33)31-9-8-30(2)14-24(25,26)15-31/h4-7,10,12-13,29H,3,8-9,14-15H2,1-2H3. The molecule has 0 unspecified atom stereocenters. The molecular weight excluding hydrogens is 442 g/mol. The number of nitrogens with zero attached hydrogens (tertiary/aromatic N) is 5. The molecule has 1 fully saturated rings. The number of alkyl halides is 2. The SMILES string of the molecule is CC1=CC(C#N)=CCC=C1c1c[nH]n(-c2ccc(C(=O)N3CCN(C)CC(F)(F)C3)cn2)c1=O. The summed E-state index contributed by atoms with van der Waals surface area (Å²) in [4.78, 5) is 32.7. The summed E-state index contributed by atoms with van der Waals surface area (Å²) in [6.07, 6.45) is 8.79. The monoisotopic (exact) mass is 466 g/mol. The number of carbonyl (C=O) groups excluding carboxylic acids is 1. The first-order chi connectivity index (χ1) is 16.2. The van der Waals surface area contributed by atoms with Crippen LogP contribution in [0.1, 0.15) is 29.3 Å². The number of allylic oxidation sites excluding steroid dienone is 6. The van der Waals surface area contributed by atoms with E-state index in [4.69, 9.17) is 5.26 Å². The number of nitrogens with one attached hydrogen (secondary N) is 1. The Labute approximate surface area is 195 Å². The summed E-state index contributed by atoms with van der Waals surface area (Å²) in [5, 5.41) is 12.0. The molecule has 1 amide bonds. The molecular formula is C24H24F2N6O2. The van der Waals surface area contributed by atoms with Gasteiger partial charge in [0.2, 0.25) is 0 Å². The van der Waals surface area contributed by atoms with E-state index in [1.807, 2.05) is 13.0 Å². The topological polar surface area (TPSA) is 98.0 Å². The fourth-order valence-corrected chi connectivity index (χ4v) is 4.14. The number of pyridine rings is 1. The van der Waals surface area contributed by atoms with Gasteiger partial charge in [-0.15, -0.1) is 0 Å². The van der Waals surface area contributed by atoms with Crippen LogP contribution in [0, 0.1) is 11.3 Å². The van der Waals surface area contributed by atoms with E-state index in [1.54, 1.807) is 25.4 Å². The van der Waals surface area contributed by atoms with Crippen molar-refractivity contribution < 1.29 is 13.6 Å². The average Bonchev–Trinajstić information content (AvgIpc) is 2.98. The highest BCUT2D eigenvalue weighted by Gasteiger charge is 2.37. The molecule has 2 aromatic heterocycles. The molecule has 2 aliphatic rings. The third-order valence-corrected chi connectivity index (χ3v) is 5.83. The van der Waals surface area contributed by atoms with Crippen LogP contribution in [0.2, 0.25) is 0 Å². The van der Waals surface area contributed by atoms with Gasteiger partial charge >= 0.3 is 0 Å². The van der Waals surface area contributed by atoms with Crippen LogP contribution in [0.15, 0.2) is 58.7 Å². The molecule has 0 spiro atoms. The highest BCUT2D eigenvalue weighted by atomic mass is 19.3. The minimum atomic E-state index is -3.00. The number of H-pyrrole nitrogens is 1. The number of likely N-dealkylation sites (N-methyl/N-ethyl adjacent to an activating group) is 1. The van der Waals surface area contributed by atoms with E-state index >= 15 is 0 Å². The molecule has 1 N–H and O–H groups in total. The Hall–Kier alpha value is -3.84. The van der Waals surface area contributed by atoms with Crippen LogP contribution < -0.4 is 5.56 Å². The first-order valence-corrected chi connectivity index (χ1v) is 10.8. The molecule has 0 saturated carbocycles. The second kappa shape index (κ2) is 9.19. The van der Waals surface area contributed by atoms with Crippen molar-refractivity contribution in [3.05, 3.63) is 75.4 Å². The fraction of sp³-hybridized carbons (Fsp3) is 0.333. The van der Waals surface area contributed by atoms with Gasteiger partial charge in [0.1, 0.15) is 0 Å². The molecule has 8 nitrogen and oxygen atoms in total. The summed E-state index contributed by atoms with van der Waals surface area (Å²) in [6.45, 7) is 1.33. The van der Waals surface area contributed by atoms with E-state index in [0.29, 0.717) is 24.1 Å². The maximum atomic E-state index is 14.1. The number of hydrogen-bond donors (Lipinski definition) is 1. The molecule has 0 aromatic carbocycles. The van der Waals surface area contributed by atoms with E-state index in [-0.39, 0.29) is 23.5 Å². The van der Waals surface area contributed by atoms with E-state index in [1.165, 1.54) is 27.9 Å². The van der Waals surface area contributed by atoms with Crippen molar-refractivity contribution in [3.63, 3.8) is 0 Å². The second-order valence-corrected chi connectivity index (χ2v) is 8.51. The van der Waals surface area contributed by atoms with Gasteiger partial charge in [-0.25, -0.2) is 18.4 Å². The van der Waals surface area contributed by atoms with Crippen LogP contribution in [-0.4, -0.2) is 69.6 Å². The Morgan fingerprint density at radius 1 is 1.24 bits per heavy atom. The highest BCUT2D eigenvalue weighted by molar-refractivity contribution is 5.94. The van der Waals surface area contributed by atoms with Crippen molar-refractivity contribution in [2.45, 2.75) is 19.3 Å². The quantitative estimate of drug-likeness (QED) is 0.750. The van der Waals surface area contributed by atoms with Crippen LogP contribution >= 0.6 is 0 Å². The molecule has 1 aliphatic heterocycles. The van der Waals surface area contributed by atoms with Crippen molar-refractivity contribution >= 4 is 11.5 Å². The Balaban J connectivity index is 1.56. The summed E-state index contributed by atoms with van der Waals surface area (Å²) in [5.74, 6) is -3.26. The van der Waals surface area contributed by atoms with Crippen LogP contribution in [0.3, 0.4) is 0 Å². The zero-order valence-electron chi connectivity index (χ0n) is 18.9. The minimum Gasteiger partial charge on any atom is -0.331 e. The van der Waals surface area contributed by atoms with Crippen molar-refractivity contribution in [1.29, 1.82) is 5.26 Å². The number of nitriles is 1. The van der Waals surface area contributed by atoms with Crippen molar-refractivity contribution in [2.75, 3.05) is 33.2 Å². The number of amides is 1. The molecule has 2 aromatic rings. The lowest BCUT2D eigenvalue weighted by Gasteiger charge is -2.23. The summed E-state index contributed by atoms with van der Waals surface area (Å²) < 4.78 is 29.4. The van der Waals surface area contributed by atoms with Gasteiger partial charge < -0.3 is 4.90 Å². The Morgan fingerprint density at radius 3 is 2.74 bits per heavy atom. The van der Waals surface area contributed by atoms with Crippen molar-refractivity contribution in [3.8, 4) is 11.9 Å². The number of carbonyl (C=O) groups is 1. The van der Waals surface area contributed by atoms with E-state index in [2.05, 4.69) is 16.2 Å². The molecule has 0 radical (unpaired) electrons. The molecule has 176 valence electrons. The lowest BCUT2D eigenvalue weighted by Crippen LogP contribution is -2.41. The number of aromatic nitrogens is 3. The largest absolute Gasteiger partial charge is 0.331 e. The molecule has 34 heavy (non-hydrogen) atoms. The maximum absolute atomic E-state index is 14.1. The summed E-state index contributed by atoms with van der Waals surface area (Å²) in [5.41, 5.74) is 2.32. The van der Waals surface area contributed by atoms with Crippen LogP contribution in [-0.2, 0) is 0 Å². The zero-order valence-corrected chi connectivity index (χ0v) is 18.9. The van der Waals surface area contributed by atoms with Crippen molar-refractivity contribution in [2.24, 2.45) is 0 Å². The van der Waals surface area contributed by atoms with Crippen molar-refractivity contribution in [1.82, 2.24) is 24.6 Å². The number of rotatable bonds is 3. The van der Waals surface area contributed by atoms with Crippen LogP contribution in [0.4, 0.5) is 8.78 Å². The molecule has 3 heterocycles. The Kier molecular flexibility index (Phi) is 6.30. The highest BCUT2D eigenvalue weighted by Crippen LogP contribution is 2.25. The third kappa shape index (κ3) is 4.75. The molecule has 4 rings (SSSR count). The normalized spacial score (nSPS) is 18.8. The number of hydrogen-bond acceptors (Lipinski definition) is 5. The van der Waals surface area contributed by atoms with Crippen LogP contribution in [0.25, 0.3) is 11.4 Å². The molecule has 10 heteroatoms. The van der Waals surface area contributed by atoms with Gasteiger partial charge in [0.15, 0.2) is 5.82 Å². The van der Waals surface area contributed by atoms with Gasteiger partial charge in [-0.05, 0) is 49.7 Å². The van der Waals surface area contributed by atoms with Gasteiger partial charge in [0, 0.05) is 31.1 Å². The predicted octanol–water partition coefficient (Wildman–Crippen LogP) is 2.77. The van der Waals surface area contributed by atoms with E-state index in [0.717, 1.165) is 16.0 Å². The maximum Gasteiger partial charge on any atom is 0.280 e. The Bertz CT molecular complexity index is 1290. The second-order valence-electron chi connectivity index (χ2n) is 8.51. The average molecular weight is 466 g/mol. The zero-order chi connectivity index (χ0) is 24.5. The number of aromatic amines is 1. The summed E-state index contributed by atoms with van der Waals surface area (Å²) in [6, 6.07) is 5.09. The van der Waals surface area contributed by atoms with Gasteiger partial charge in [0.05, 0.1) is 30.3 Å².